The maximum absolute atomic E-state index is 8.40. The summed E-state index contributed by atoms with van der Waals surface area (Å²) < 4.78 is 0. The number of nitrogens with zero attached hydrogens (tertiary/aromatic N) is 1. The topological polar surface area (TPSA) is 70.6 Å². The van der Waals surface area contributed by atoms with Crippen LogP contribution in [0.3, 0.4) is 0 Å². The van der Waals surface area contributed by atoms with Gasteiger partial charge in [0.2, 0.25) is 0 Å². The SMILES string of the molecule is CC1CCCC(NCCCC(N)=NO)C1C. The maximum Gasteiger partial charge on any atom is 0.139 e. The Morgan fingerprint density at radius 1 is 1.44 bits per heavy atom. The van der Waals surface area contributed by atoms with Crippen LogP contribution in [0.5, 0.6) is 0 Å². The normalized spacial score (nSPS) is 31.6. The van der Waals surface area contributed by atoms with E-state index in [4.69, 9.17) is 10.9 Å². The van der Waals surface area contributed by atoms with Gasteiger partial charge in [0.1, 0.15) is 5.84 Å². The van der Waals surface area contributed by atoms with Crippen molar-refractivity contribution in [3.63, 3.8) is 0 Å². The molecular formula is C12H25N3O. The van der Waals surface area contributed by atoms with Crippen LogP contribution in [0.2, 0.25) is 0 Å². The summed E-state index contributed by atoms with van der Waals surface area (Å²) in [5, 5.41) is 15.0. The van der Waals surface area contributed by atoms with Gasteiger partial charge in [-0.25, -0.2) is 0 Å². The van der Waals surface area contributed by atoms with Gasteiger partial charge in [0.05, 0.1) is 0 Å². The minimum absolute atomic E-state index is 0.326. The lowest BCUT2D eigenvalue weighted by Crippen LogP contribution is -2.41. The van der Waals surface area contributed by atoms with E-state index in [1.165, 1.54) is 19.3 Å². The lowest BCUT2D eigenvalue weighted by Gasteiger charge is -2.34. The van der Waals surface area contributed by atoms with Crippen LogP contribution in [0.4, 0.5) is 0 Å². The molecule has 0 spiro atoms. The van der Waals surface area contributed by atoms with Gasteiger partial charge in [-0.2, -0.15) is 0 Å². The highest BCUT2D eigenvalue weighted by molar-refractivity contribution is 5.79. The third-order valence-electron chi connectivity index (χ3n) is 3.85. The number of nitrogens with one attached hydrogen (secondary N) is 1. The van der Waals surface area contributed by atoms with Crippen molar-refractivity contribution < 1.29 is 5.21 Å². The van der Waals surface area contributed by atoms with Crippen LogP contribution in [-0.4, -0.2) is 23.6 Å². The van der Waals surface area contributed by atoms with E-state index < -0.39 is 0 Å². The first kappa shape index (κ1) is 13.3. The van der Waals surface area contributed by atoms with Gasteiger partial charge in [0.25, 0.3) is 0 Å². The van der Waals surface area contributed by atoms with E-state index in [9.17, 15) is 0 Å². The fourth-order valence-electron chi connectivity index (χ4n) is 2.48. The number of oxime groups is 1. The average molecular weight is 227 g/mol. The number of hydrogen-bond donors (Lipinski definition) is 3. The van der Waals surface area contributed by atoms with Crippen molar-refractivity contribution in [2.45, 2.75) is 52.0 Å². The lowest BCUT2D eigenvalue weighted by atomic mass is 9.78. The highest BCUT2D eigenvalue weighted by atomic mass is 16.4. The predicted molar refractivity (Wildman–Crippen MR) is 66.6 cm³/mol. The molecule has 0 aromatic rings. The van der Waals surface area contributed by atoms with Gasteiger partial charge in [-0.1, -0.05) is 31.8 Å². The molecule has 1 fully saturated rings. The van der Waals surface area contributed by atoms with Gasteiger partial charge in [-0.05, 0) is 31.2 Å². The molecule has 94 valence electrons. The van der Waals surface area contributed by atoms with Gasteiger partial charge in [-0.3, -0.25) is 0 Å². The second-order valence-corrected chi connectivity index (χ2v) is 5.02. The van der Waals surface area contributed by atoms with E-state index in [-0.39, 0.29) is 0 Å². The first-order valence-corrected chi connectivity index (χ1v) is 6.35. The van der Waals surface area contributed by atoms with Crippen LogP contribution >= 0.6 is 0 Å². The van der Waals surface area contributed by atoms with Crippen molar-refractivity contribution in [2.75, 3.05) is 6.54 Å². The zero-order chi connectivity index (χ0) is 12.0. The summed E-state index contributed by atoms with van der Waals surface area (Å²) in [4.78, 5) is 0. The lowest BCUT2D eigenvalue weighted by molar-refractivity contribution is 0.207. The minimum Gasteiger partial charge on any atom is -0.409 e. The van der Waals surface area contributed by atoms with Crippen molar-refractivity contribution in [3.8, 4) is 0 Å². The number of nitrogens with two attached hydrogens (primary N) is 1. The summed E-state index contributed by atoms with van der Waals surface area (Å²) in [6.07, 6.45) is 5.59. The summed E-state index contributed by atoms with van der Waals surface area (Å²) in [6.45, 7) is 5.64. The molecule has 3 atom stereocenters. The highest BCUT2D eigenvalue weighted by Gasteiger charge is 2.26. The zero-order valence-electron chi connectivity index (χ0n) is 10.4. The number of amidine groups is 1. The molecule has 0 saturated heterocycles. The van der Waals surface area contributed by atoms with Crippen LogP contribution in [0.15, 0.2) is 5.16 Å². The molecule has 4 N–H and O–H groups in total. The van der Waals surface area contributed by atoms with Gasteiger partial charge in [0, 0.05) is 12.5 Å². The molecule has 4 heteroatoms. The van der Waals surface area contributed by atoms with Crippen molar-refractivity contribution in [3.05, 3.63) is 0 Å². The Hall–Kier alpha value is -0.770. The quantitative estimate of drug-likeness (QED) is 0.221. The summed E-state index contributed by atoms with van der Waals surface area (Å²) in [6, 6.07) is 0.649. The third kappa shape index (κ3) is 4.00. The van der Waals surface area contributed by atoms with E-state index in [2.05, 4.69) is 24.3 Å². The summed E-state index contributed by atoms with van der Waals surface area (Å²) in [5.74, 6) is 1.92. The second kappa shape index (κ2) is 6.74. The minimum atomic E-state index is 0.326. The summed E-state index contributed by atoms with van der Waals surface area (Å²) >= 11 is 0. The molecule has 0 heterocycles. The van der Waals surface area contributed by atoms with Gasteiger partial charge >= 0.3 is 0 Å². The summed E-state index contributed by atoms with van der Waals surface area (Å²) in [5.41, 5.74) is 5.41. The molecule has 4 nitrogen and oxygen atoms in total. The summed E-state index contributed by atoms with van der Waals surface area (Å²) in [7, 11) is 0. The van der Waals surface area contributed by atoms with Gasteiger partial charge in [-0.15, -0.1) is 0 Å². The number of hydrogen-bond acceptors (Lipinski definition) is 3. The molecule has 3 unspecified atom stereocenters. The Morgan fingerprint density at radius 3 is 2.88 bits per heavy atom. The zero-order valence-corrected chi connectivity index (χ0v) is 10.4. The van der Waals surface area contributed by atoms with Crippen LogP contribution in [0, 0.1) is 11.8 Å². The first-order chi connectivity index (χ1) is 7.65. The molecule has 1 saturated carbocycles. The Labute approximate surface area is 98.3 Å². The molecule has 0 aliphatic heterocycles. The van der Waals surface area contributed by atoms with Crippen molar-refractivity contribution in [2.24, 2.45) is 22.7 Å². The van der Waals surface area contributed by atoms with Crippen molar-refractivity contribution in [1.82, 2.24) is 5.32 Å². The Bertz CT molecular complexity index is 230. The van der Waals surface area contributed by atoms with Gasteiger partial charge in [0.15, 0.2) is 0 Å². The smallest absolute Gasteiger partial charge is 0.139 e. The van der Waals surface area contributed by atoms with Crippen LogP contribution < -0.4 is 11.1 Å². The molecule has 0 aromatic heterocycles. The fourth-order valence-corrected chi connectivity index (χ4v) is 2.48. The third-order valence-corrected chi connectivity index (χ3v) is 3.85. The van der Waals surface area contributed by atoms with Gasteiger partial charge < -0.3 is 16.3 Å². The molecule has 16 heavy (non-hydrogen) atoms. The maximum atomic E-state index is 8.40. The van der Waals surface area contributed by atoms with E-state index >= 15 is 0 Å². The van der Waals surface area contributed by atoms with Crippen LogP contribution in [0.25, 0.3) is 0 Å². The average Bonchev–Trinajstić information content (AvgIpc) is 2.29. The molecule has 1 aliphatic carbocycles. The molecule has 0 bridgehead atoms. The molecular weight excluding hydrogens is 202 g/mol. The standard InChI is InChI=1S/C12H25N3O/c1-9-5-3-6-11(10(9)2)14-8-4-7-12(13)15-16/h9-11,14,16H,3-8H2,1-2H3,(H2,13,15). The largest absolute Gasteiger partial charge is 0.409 e. The monoisotopic (exact) mass is 227 g/mol. The molecule has 0 amide bonds. The molecule has 1 rings (SSSR count). The highest BCUT2D eigenvalue weighted by Crippen LogP contribution is 2.29. The molecule has 0 radical (unpaired) electrons. The Balaban J connectivity index is 2.17. The van der Waals surface area contributed by atoms with Crippen LogP contribution in [-0.2, 0) is 0 Å². The first-order valence-electron chi connectivity index (χ1n) is 6.35. The van der Waals surface area contributed by atoms with E-state index in [0.29, 0.717) is 18.3 Å². The van der Waals surface area contributed by atoms with Crippen LogP contribution in [0.1, 0.15) is 46.0 Å². The van der Waals surface area contributed by atoms with Crippen molar-refractivity contribution in [1.29, 1.82) is 0 Å². The molecule has 1 aliphatic rings. The van der Waals surface area contributed by atoms with E-state index in [1.807, 2.05) is 0 Å². The predicted octanol–water partition coefficient (Wildman–Crippen LogP) is 1.93. The molecule has 0 aromatic carbocycles. The number of rotatable bonds is 5. The fraction of sp³-hybridized carbons (Fsp3) is 0.917. The second-order valence-electron chi connectivity index (χ2n) is 5.02. The van der Waals surface area contributed by atoms with Crippen molar-refractivity contribution >= 4 is 5.84 Å². The van der Waals surface area contributed by atoms with E-state index in [1.54, 1.807) is 0 Å². The Morgan fingerprint density at radius 2 is 2.19 bits per heavy atom. The Kier molecular flexibility index (Phi) is 5.60. The van der Waals surface area contributed by atoms with E-state index in [0.717, 1.165) is 24.8 Å².